The molecule has 0 saturated carbocycles. The van der Waals surface area contributed by atoms with E-state index in [1.807, 2.05) is 36.2 Å². The van der Waals surface area contributed by atoms with Crippen LogP contribution in [-0.2, 0) is 13.1 Å². The van der Waals surface area contributed by atoms with Crippen LogP contribution < -0.4 is 10.2 Å². The summed E-state index contributed by atoms with van der Waals surface area (Å²) in [6.45, 7) is 6.48. The van der Waals surface area contributed by atoms with Gasteiger partial charge in [0.15, 0.2) is 0 Å². The van der Waals surface area contributed by atoms with Crippen LogP contribution in [0, 0.1) is 11.7 Å². The maximum atomic E-state index is 14.2. The fourth-order valence-corrected chi connectivity index (χ4v) is 2.20. The van der Waals surface area contributed by atoms with E-state index in [2.05, 4.69) is 19.2 Å². The van der Waals surface area contributed by atoms with Crippen LogP contribution in [0.2, 0.25) is 0 Å². The van der Waals surface area contributed by atoms with E-state index in [0.717, 1.165) is 17.9 Å². The number of furan rings is 1. The van der Waals surface area contributed by atoms with Gasteiger partial charge >= 0.3 is 0 Å². The molecule has 0 fully saturated rings. The zero-order valence-corrected chi connectivity index (χ0v) is 12.9. The minimum atomic E-state index is -0.201. The number of rotatable bonds is 7. The lowest BCUT2D eigenvalue weighted by molar-refractivity contribution is 0.505. The Labute approximate surface area is 125 Å². The number of nitrogens with one attached hydrogen (secondary N) is 1. The second-order valence-corrected chi connectivity index (χ2v) is 5.75. The molecule has 3 nitrogen and oxygen atoms in total. The molecule has 0 atom stereocenters. The molecule has 1 heterocycles. The summed E-state index contributed by atoms with van der Waals surface area (Å²) in [6.07, 6.45) is 1.63. The van der Waals surface area contributed by atoms with Gasteiger partial charge in [-0.05, 0) is 42.3 Å². The highest BCUT2D eigenvalue weighted by molar-refractivity contribution is 5.48. The Kier molecular flexibility index (Phi) is 5.39. The number of hydrogen-bond donors (Lipinski definition) is 1. The van der Waals surface area contributed by atoms with Gasteiger partial charge in [-0.15, -0.1) is 0 Å². The lowest BCUT2D eigenvalue weighted by atomic mass is 10.1. The first-order chi connectivity index (χ1) is 10.1. The summed E-state index contributed by atoms with van der Waals surface area (Å²) >= 11 is 0. The molecule has 21 heavy (non-hydrogen) atoms. The molecule has 1 aromatic heterocycles. The number of hydrogen-bond acceptors (Lipinski definition) is 3. The second-order valence-electron chi connectivity index (χ2n) is 5.75. The van der Waals surface area contributed by atoms with Gasteiger partial charge in [0.1, 0.15) is 11.6 Å². The molecule has 1 aromatic carbocycles. The van der Waals surface area contributed by atoms with E-state index >= 15 is 0 Å². The van der Waals surface area contributed by atoms with Gasteiger partial charge in [-0.2, -0.15) is 0 Å². The Balaban J connectivity index is 1.98. The first kappa shape index (κ1) is 15.6. The van der Waals surface area contributed by atoms with Gasteiger partial charge in [0.05, 0.1) is 18.5 Å². The van der Waals surface area contributed by atoms with E-state index in [4.69, 9.17) is 4.42 Å². The van der Waals surface area contributed by atoms with Crippen molar-refractivity contribution >= 4 is 5.69 Å². The SMILES string of the molecule is CC(C)CNCc1ccc(N(C)Cc2ccco2)c(F)c1. The van der Waals surface area contributed by atoms with Crippen LogP contribution in [0.25, 0.3) is 0 Å². The average molecular weight is 290 g/mol. The molecule has 0 amide bonds. The van der Waals surface area contributed by atoms with Crippen molar-refractivity contribution in [1.82, 2.24) is 5.32 Å². The highest BCUT2D eigenvalue weighted by Crippen LogP contribution is 2.21. The van der Waals surface area contributed by atoms with Crippen LogP contribution in [0.5, 0.6) is 0 Å². The Morgan fingerprint density at radius 2 is 2.10 bits per heavy atom. The minimum Gasteiger partial charge on any atom is -0.467 e. The smallest absolute Gasteiger partial charge is 0.146 e. The lowest BCUT2D eigenvalue weighted by Crippen LogP contribution is -2.20. The molecule has 0 saturated heterocycles. The highest BCUT2D eigenvalue weighted by Gasteiger charge is 2.10. The van der Waals surface area contributed by atoms with E-state index in [1.165, 1.54) is 0 Å². The quantitative estimate of drug-likeness (QED) is 0.840. The third kappa shape index (κ3) is 4.60. The van der Waals surface area contributed by atoms with Crippen molar-refractivity contribution < 1.29 is 8.81 Å². The van der Waals surface area contributed by atoms with Gasteiger partial charge in [-0.25, -0.2) is 4.39 Å². The molecule has 0 bridgehead atoms. The maximum Gasteiger partial charge on any atom is 0.146 e. The molecule has 0 aliphatic rings. The molecule has 0 unspecified atom stereocenters. The number of halogens is 1. The van der Waals surface area contributed by atoms with E-state index < -0.39 is 0 Å². The lowest BCUT2D eigenvalue weighted by Gasteiger charge is -2.19. The average Bonchev–Trinajstić information content (AvgIpc) is 2.91. The zero-order valence-electron chi connectivity index (χ0n) is 12.9. The third-order valence-corrected chi connectivity index (χ3v) is 3.28. The van der Waals surface area contributed by atoms with Gasteiger partial charge in [-0.3, -0.25) is 0 Å². The van der Waals surface area contributed by atoms with E-state index in [-0.39, 0.29) is 5.82 Å². The summed E-state index contributed by atoms with van der Waals surface area (Å²) in [5.74, 6) is 1.21. The van der Waals surface area contributed by atoms with Gasteiger partial charge in [-0.1, -0.05) is 19.9 Å². The van der Waals surface area contributed by atoms with Crippen LogP contribution in [0.1, 0.15) is 25.2 Å². The Bertz CT molecular complexity index is 552. The first-order valence-electron chi connectivity index (χ1n) is 7.29. The normalized spacial score (nSPS) is 11.1. The Morgan fingerprint density at radius 1 is 1.29 bits per heavy atom. The van der Waals surface area contributed by atoms with Gasteiger partial charge in [0, 0.05) is 13.6 Å². The van der Waals surface area contributed by atoms with Crippen LogP contribution in [0.3, 0.4) is 0 Å². The largest absolute Gasteiger partial charge is 0.467 e. The molecule has 0 spiro atoms. The van der Waals surface area contributed by atoms with Crippen molar-refractivity contribution in [3.63, 3.8) is 0 Å². The van der Waals surface area contributed by atoms with Crippen molar-refractivity contribution in [2.24, 2.45) is 5.92 Å². The van der Waals surface area contributed by atoms with Crippen LogP contribution in [-0.4, -0.2) is 13.6 Å². The van der Waals surface area contributed by atoms with Crippen molar-refractivity contribution in [2.45, 2.75) is 26.9 Å². The standard InChI is InChI=1S/C17H23FN2O/c1-13(2)10-19-11-14-6-7-17(16(18)9-14)20(3)12-15-5-4-8-21-15/h4-9,13,19H,10-12H2,1-3H3. The molecule has 0 radical (unpaired) electrons. The Hall–Kier alpha value is -1.81. The van der Waals surface area contributed by atoms with Crippen LogP contribution in [0.15, 0.2) is 41.0 Å². The van der Waals surface area contributed by atoms with Crippen molar-refractivity contribution in [3.05, 3.63) is 53.7 Å². The molecule has 2 rings (SSSR count). The molecule has 1 N–H and O–H groups in total. The summed E-state index contributed by atoms with van der Waals surface area (Å²) in [5.41, 5.74) is 1.54. The summed E-state index contributed by atoms with van der Waals surface area (Å²) in [5, 5.41) is 3.32. The molecule has 2 aromatic rings. The molecule has 4 heteroatoms. The summed E-state index contributed by atoms with van der Waals surface area (Å²) in [6, 6.07) is 9.11. The highest BCUT2D eigenvalue weighted by atomic mass is 19.1. The molecular formula is C17H23FN2O. The van der Waals surface area contributed by atoms with Gasteiger partial charge in [0.25, 0.3) is 0 Å². The van der Waals surface area contributed by atoms with Gasteiger partial charge in [0.2, 0.25) is 0 Å². The monoisotopic (exact) mass is 290 g/mol. The summed E-state index contributed by atoms with van der Waals surface area (Å²) in [7, 11) is 1.86. The van der Waals surface area contributed by atoms with Crippen LogP contribution >= 0.6 is 0 Å². The zero-order chi connectivity index (χ0) is 15.2. The molecular weight excluding hydrogens is 267 g/mol. The first-order valence-corrected chi connectivity index (χ1v) is 7.29. The minimum absolute atomic E-state index is 0.201. The summed E-state index contributed by atoms with van der Waals surface area (Å²) < 4.78 is 19.5. The summed E-state index contributed by atoms with van der Waals surface area (Å²) in [4.78, 5) is 1.85. The number of benzene rings is 1. The third-order valence-electron chi connectivity index (χ3n) is 3.28. The number of nitrogens with zero attached hydrogens (tertiary/aromatic N) is 1. The Morgan fingerprint density at radius 3 is 2.71 bits per heavy atom. The van der Waals surface area contributed by atoms with Gasteiger partial charge < -0.3 is 14.6 Å². The molecule has 0 aliphatic carbocycles. The van der Waals surface area contributed by atoms with Crippen molar-refractivity contribution in [3.8, 4) is 0 Å². The van der Waals surface area contributed by atoms with Crippen molar-refractivity contribution in [2.75, 3.05) is 18.5 Å². The molecule has 114 valence electrons. The predicted molar refractivity (Wildman–Crippen MR) is 83.8 cm³/mol. The fraction of sp³-hybridized carbons (Fsp3) is 0.412. The van der Waals surface area contributed by atoms with E-state index in [1.54, 1.807) is 12.3 Å². The van der Waals surface area contributed by atoms with E-state index in [9.17, 15) is 4.39 Å². The predicted octanol–water partition coefficient (Wildman–Crippen LogP) is 3.80. The van der Waals surface area contributed by atoms with Crippen molar-refractivity contribution in [1.29, 1.82) is 0 Å². The maximum absolute atomic E-state index is 14.2. The molecule has 0 aliphatic heterocycles. The second kappa shape index (κ2) is 7.27. The van der Waals surface area contributed by atoms with E-state index in [0.29, 0.717) is 24.7 Å². The van der Waals surface area contributed by atoms with Crippen LogP contribution in [0.4, 0.5) is 10.1 Å². The fourth-order valence-electron chi connectivity index (χ4n) is 2.20. The topological polar surface area (TPSA) is 28.4 Å². The number of anilines is 1.